The van der Waals surface area contributed by atoms with Crippen LogP contribution in [0.1, 0.15) is 19.3 Å². The number of alkyl halides is 2. The van der Waals surface area contributed by atoms with Crippen molar-refractivity contribution in [2.45, 2.75) is 25.2 Å². The molecule has 1 aliphatic carbocycles. The molecule has 1 aliphatic heterocycles. The summed E-state index contributed by atoms with van der Waals surface area (Å²) in [5, 5.41) is 0. The van der Waals surface area contributed by atoms with Crippen LogP contribution in [0.2, 0.25) is 0 Å². The smallest absolute Gasteiger partial charge is 0.252 e. The molecule has 0 aromatic rings. The van der Waals surface area contributed by atoms with Crippen LogP contribution in [0, 0.1) is 11.8 Å². The summed E-state index contributed by atoms with van der Waals surface area (Å²) >= 11 is 0. The number of hydrogen-bond acceptors (Lipinski definition) is 2. The summed E-state index contributed by atoms with van der Waals surface area (Å²) in [5.74, 6) is -2.61. The second-order valence-corrected chi connectivity index (χ2v) is 4.57. The van der Waals surface area contributed by atoms with Gasteiger partial charge in [-0.25, -0.2) is 8.78 Å². The Morgan fingerprint density at radius 3 is 2.79 bits per heavy atom. The molecule has 2 rings (SSSR count). The van der Waals surface area contributed by atoms with Gasteiger partial charge in [-0.05, 0) is 18.8 Å². The predicted molar refractivity (Wildman–Crippen MR) is 51.3 cm³/mol. The molecule has 1 saturated carbocycles. The maximum absolute atomic E-state index is 13.5. The van der Waals surface area contributed by atoms with E-state index in [1.165, 1.54) is 0 Å². The maximum Gasteiger partial charge on any atom is 0.252 e. The Morgan fingerprint density at radius 1 is 1.36 bits per heavy atom. The number of halogens is 2. The fraction of sp³-hybridized carbons (Fsp3) is 1.00. The summed E-state index contributed by atoms with van der Waals surface area (Å²) in [6.45, 7) is 2.72. The molecule has 2 N–H and O–H groups in total. The van der Waals surface area contributed by atoms with E-state index in [1.54, 1.807) is 0 Å². The summed E-state index contributed by atoms with van der Waals surface area (Å²) in [7, 11) is 0. The van der Waals surface area contributed by atoms with Crippen LogP contribution >= 0.6 is 0 Å². The van der Waals surface area contributed by atoms with Gasteiger partial charge in [-0.1, -0.05) is 0 Å². The fourth-order valence-corrected chi connectivity index (χ4v) is 2.88. The van der Waals surface area contributed by atoms with Gasteiger partial charge in [-0.3, -0.25) is 0 Å². The monoisotopic (exact) mass is 204 g/mol. The summed E-state index contributed by atoms with van der Waals surface area (Å²) in [4.78, 5) is 2.09. The molecule has 0 bridgehead atoms. The molecule has 1 heterocycles. The number of hydrogen-bond donors (Lipinski definition) is 1. The lowest BCUT2D eigenvalue weighted by Crippen LogP contribution is -2.37. The van der Waals surface area contributed by atoms with Crippen LogP contribution in [0.5, 0.6) is 0 Å². The SMILES string of the molecule is NCCN1C[C@H]2CCCC(F)(F)[C@H]2C1. The predicted octanol–water partition coefficient (Wildman–Crippen LogP) is 1.31. The first kappa shape index (κ1) is 10.3. The van der Waals surface area contributed by atoms with Gasteiger partial charge in [0.05, 0.1) is 0 Å². The molecule has 4 heteroatoms. The van der Waals surface area contributed by atoms with E-state index < -0.39 is 11.8 Å². The molecular formula is C10H18F2N2. The van der Waals surface area contributed by atoms with Crippen LogP contribution in [0.25, 0.3) is 0 Å². The number of nitrogens with two attached hydrogens (primary N) is 1. The Hall–Kier alpha value is -0.220. The van der Waals surface area contributed by atoms with E-state index in [0.717, 1.165) is 19.5 Å². The summed E-state index contributed by atoms with van der Waals surface area (Å²) in [6, 6.07) is 0. The highest BCUT2D eigenvalue weighted by Crippen LogP contribution is 2.45. The van der Waals surface area contributed by atoms with Gasteiger partial charge >= 0.3 is 0 Å². The third-order valence-corrected chi connectivity index (χ3v) is 3.59. The van der Waals surface area contributed by atoms with Crippen LogP contribution in [0.3, 0.4) is 0 Å². The molecule has 14 heavy (non-hydrogen) atoms. The highest BCUT2D eigenvalue weighted by molar-refractivity contribution is 4.95. The van der Waals surface area contributed by atoms with Crippen molar-refractivity contribution in [3.05, 3.63) is 0 Å². The Balaban J connectivity index is 2.01. The van der Waals surface area contributed by atoms with Crippen LogP contribution in [-0.2, 0) is 0 Å². The highest BCUT2D eigenvalue weighted by Gasteiger charge is 2.50. The molecule has 0 amide bonds. The Kier molecular flexibility index (Phi) is 2.75. The van der Waals surface area contributed by atoms with Gasteiger partial charge in [-0.15, -0.1) is 0 Å². The van der Waals surface area contributed by atoms with Crippen molar-refractivity contribution >= 4 is 0 Å². The second kappa shape index (κ2) is 3.74. The summed E-state index contributed by atoms with van der Waals surface area (Å²) in [6.07, 6.45) is 1.75. The third kappa shape index (κ3) is 1.77. The van der Waals surface area contributed by atoms with E-state index >= 15 is 0 Å². The van der Waals surface area contributed by atoms with Crippen molar-refractivity contribution in [3.8, 4) is 0 Å². The number of fused-ring (bicyclic) bond motifs is 1. The minimum atomic E-state index is -2.42. The topological polar surface area (TPSA) is 29.3 Å². The Morgan fingerprint density at radius 2 is 2.14 bits per heavy atom. The molecule has 1 saturated heterocycles. The van der Waals surface area contributed by atoms with Crippen molar-refractivity contribution in [2.24, 2.45) is 17.6 Å². The van der Waals surface area contributed by atoms with E-state index in [1.807, 2.05) is 0 Å². The van der Waals surface area contributed by atoms with E-state index in [9.17, 15) is 8.78 Å². The zero-order valence-corrected chi connectivity index (χ0v) is 8.38. The van der Waals surface area contributed by atoms with Crippen molar-refractivity contribution in [2.75, 3.05) is 26.2 Å². The van der Waals surface area contributed by atoms with Crippen molar-refractivity contribution in [1.29, 1.82) is 0 Å². The molecule has 2 aliphatic rings. The fourth-order valence-electron chi connectivity index (χ4n) is 2.88. The number of rotatable bonds is 2. The number of likely N-dealkylation sites (tertiary alicyclic amines) is 1. The first-order valence-corrected chi connectivity index (χ1v) is 5.44. The molecule has 0 radical (unpaired) electrons. The minimum absolute atomic E-state index is 0.0879. The summed E-state index contributed by atoms with van der Waals surface area (Å²) in [5.41, 5.74) is 5.44. The van der Waals surface area contributed by atoms with E-state index in [-0.39, 0.29) is 12.3 Å². The molecule has 0 spiro atoms. The van der Waals surface area contributed by atoms with Crippen molar-refractivity contribution in [3.63, 3.8) is 0 Å². The van der Waals surface area contributed by atoms with Crippen molar-refractivity contribution in [1.82, 2.24) is 4.90 Å². The van der Waals surface area contributed by atoms with Gasteiger partial charge in [0.25, 0.3) is 5.92 Å². The standard InChI is InChI=1S/C10H18F2N2/c11-10(12)3-1-2-8-6-14(5-4-13)7-9(8)10/h8-9H,1-7,13H2/t8-,9+/m1/s1. The molecule has 2 nitrogen and oxygen atoms in total. The molecule has 82 valence electrons. The second-order valence-electron chi connectivity index (χ2n) is 4.57. The van der Waals surface area contributed by atoms with Gasteiger partial charge in [0, 0.05) is 38.5 Å². The Bertz CT molecular complexity index is 208. The minimum Gasteiger partial charge on any atom is -0.329 e. The molecule has 0 aromatic carbocycles. The quantitative estimate of drug-likeness (QED) is 0.735. The largest absolute Gasteiger partial charge is 0.329 e. The molecule has 2 atom stereocenters. The van der Waals surface area contributed by atoms with Crippen LogP contribution in [0.4, 0.5) is 8.78 Å². The van der Waals surface area contributed by atoms with Gasteiger partial charge in [0.15, 0.2) is 0 Å². The lowest BCUT2D eigenvalue weighted by Gasteiger charge is -2.32. The zero-order valence-electron chi connectivity index (χ0n) is 8.38. The first-order chi connectivity index (χ1) is 6.63. The molecule has 2 fully saturated rings. The maximum atomic E-state index is 13.5. The Labute approximate surface area is 83.4 Å². The van der Waals surface area contributed by atoms with E-state index in [0.29, 0.717) is 19.5 Å². The first-order valence-electron chi connectivity index (χ1n) is 5.44. The highest BCUT2D eigenvalue weighted by atomic mass is 19.3. The average molecular weight is 204 g/mol. The number of nitrogens with zero attached hydrogens (tertiary/aromatic N) is 1. The zero-order chi connectivity index (χ0) is 10.2. The third-order valence-electron chi connectivity index (χ3n) is 3.59. The normalized spacial score (nSPS) is 37.1. The van der Waals surface area contributed by atoms with Gasteiger partial charge in [-0.2, -0.15) is 0 Å². The lowest BCUT2D eigenvalue weighted by atomic mass is 9.79. The van der Waals surface area contributed by atoms with Gasteiger partial charge < -0.3 is 10.6 Å². The average Bonchev–Trinajstić information content (AvgIpc) is 2.49. The van der Waals surface area contributed by atoms with Crippen LogP contribution in [0.15, 0.2) is 0 Å². The van der Waals surface area contributed by atoms with Gasteiger partial charge in [0.2, 0.25) is 0 Å². The lowest BCUT2D eigenvalue weighted by molar-refractivity contribution is -0.0945. The van der Waals surface area contributed by atoms with Crippen molar-refractivity contribution < 1.29 is 8.78 Å². The molecular weight excluding hydrogens is 186 g/mol. The molecule has 0 unspecified atom stereocenters. The van der Waals surface area contributed by atoms with E-state index in [2.05, 4.69) is 4.90 Å². The summed E-state index contributed by atoms with van der Waals surface area (Å²) < 4.78 is 27.0. The van der Waals surface area contributed by atoms with Crippen LogP contribution in [-0.4, -0.2) is 37.0 Å². The van der Waals surface area contributed by atoms with E-state index in [4.69, 9.17) is 5.73 Å². The van der Waals surface area contributed by atoms with Crippen LogP contribution < -0.4 is 5.73 Å². The van der Waals surface area contributed by atoms with Gasteiger partial charge in [0.1, 0.15) is 0 Å². The molecule has 0 aromatic heterocycles.